The summed E-state index contributed by atoms with van der Waals surface area (Å²) in [5.41, 5.74) is 6.41. The second kappa shape index (κ2) is 10.7. The number of para-hydroxylation sites is 1. The molecule has 2 aromatic rings. The number of piperidine rings is 1. The number of fused-ring (bicyclic) bond motifs is 1. The molecule has 1 aliphatic heterocycles. The second-order valence-corrected chi connectivity index (χ2v) is 9.28. The quantitative estimate of drug-likeness (QED) is 0.376. The summed E-state index contributed by atoms with van der Waals surface area (Å²) in [6, 6.07) is 5.09. The Balaban J connectivity index is 1.72. The number of primary amides is 1. The van der Waals surface area contributed by atoms with E-state index in [2.05, 4.69) is 20.9 Å². The van der Waals surface area contributed by atoms with Crippen LogP contribution in [0.15, 0.2) is 24.3 Å². The average Bonchev–Trinajstić information content (AvgIpc) is 3.19. The zero-order valence-electron chi connectivity index (χ0n) is 18.7. The minimum Gasteiger partial charge on any atom is -0.368 e. The highest BCUT2D eigenvalue weighted by Crippen LogP contribution is 2.23. The number of nitrogens with two attached hydrogens (primary N) is 1. The molecule has 0 unspecified atom stereocenters. The van der Waals surface area contributed by atoms with Crippen molar-refractivity contribution < 1.29 is 19.2 Å². The lowest BCUT2D eigenvalue weighted by molar-refractivity contribution is -0.131. The van der Waals surface area contributed by atoms with Crippen LogP contribution in [-0.4, -0.2) is 47.2 Å². The van der Waals surface area contributed by atoms with Crippen LogP contribution in [-0.2, 0) is 14.4 Å². The lowest BCUT2D eigenvalue weighted by Crippen LogP contribution is -2.54. The summed E-state index contributed by atoms with van der Waals surface area (Å²) in [6.07, 6.45) is 1.90. The highest BCUT2D eigenvalue weighted by Gasteiger charge is 2.31. The molecule has 3 rings (SSSR count). The highest BCUT2D eigenvalue weighted by atomic mass is 35.5. The van der Waals surface area contributed by atoms with Gasteiger partial charge in [0.2, 0.25) is 17.7 Å². The van der Waals surface area contributed by atoms with Crippen LogP contribution in [0.5, 0.6) is 0 Å². The number of hydrogen-bond donors (Lipinski definition) is 5. The minimum atomic E-state index is -1.01. The van der Waals surface area contributed by atoms with Crippen LogP contribution in [0.25, 0.3) is 10.9 Å². The van der Waals surface area contributed by atoms with Crippen molar-refractivity contribution in [2.24, 2.45) is 17.6 Å². The summed E-state index contributed by atoms with van der Waals surface area (Å²) in [5.74, 6) is -2.16. The number of amides is 4. The molecule has 4 amide bonds. The van der Waals surface area contributed by atoms with Crippen LogP contribution in [0.3, 0.4) is 0 Å². The molecule has 1 aromatic carbocycles. The largest absolute Gasteiger partial charge is 0.368 e. The van der Waals surface area contributed by atoms with E-state index in [0.717, 1.165) is 11.8 Å². The lowest BCUT2D eigenvalue weighted by atomic mass is 9.91. The molecule has 10 heteroatoms. The zero-order chi connectivity index (χ0) is 24.1. The molecule has 1 aromatic heterocycles. The van der Waals surface area contributed by atoms with Gasteiger partial charge in [0, 0.05) is 17.8 Å². The third-order valence-electron chi connectivity index (χ3n) is 5.76. The molecule has 1 saturated heterocycles. The first-order valence-electron chi connectivity index (χ1n) is 11.1. The number of H-pyrrole nitrogens is 1. The van der Waals surface area contributed by atoms with Crippen molar-refractivity contribution in [3.63, 3.8) is 0 Å². The number of carbonyl (C=O) groups is 4. The Morgan fingerprint density at radius 3 is 2.61 bits per heavy atom. The number of hydrogen-bond acceptors (Lipinski definition) is 4. The van der Waals surface area contributed by atoms with Crippen molar-refractivity contribution in [1.82, 2.24) is 20.9 Å². The summed E-state index contributed by atoms with van der Waals surface area (Å²) in [7, 11) is 0. The summed E-state index contributed by atoms with van der Waals surface area (Å²) >= 11 is 6.18. The average molecular weight is 476 g/mol. The molecule has 0 aliphatic carbocycles. The number of rotatable bonds is 9. The van der Waals surface area contributed by atoms with Crippen LogP contribution in [0.4, 0.5) is 0 Å². The molecule has 6 N–H and O–H groups in total. The first kappa shape index (κ1) is 24.6. The Labute approximate surface area is 197 Å². The number of benzene rings is 1. The van der Waals surface area contributed by atoms with Crippen LogP contribution in [0, 0.1) is 11.8 Å². The first-order valence-corrected chi connectivity index (χ1v) is 11.5. The van der Waals surface area contributed by atoms with Crippen molar-refractivity contribution in [1.29, 1.82) is 0 Å². The SMILES string of the molecule is CC(C)C[C@H](NC(=O)c1cc2cccc(Cl)c2[nH]1)C(=O)N[C@@H](C[C@@H]1CCCNC1=O)C(N)=O. The normalized spacial score (nSPS) is 17.9. The van der Waals surface area contributed by atoms with Gasteiger partial charge in [-0.15, -0.1) is 0 Å². The predicted octanol–water partition coefficient (Wildman–Crippen LogP) is 1.85. The van der Waals surface area contributed by atoms with E-state index >= 15 is 0 Å². The van der Waals surface area contributed by atoms with Gasteiger partial charge in [0.1, 0.15) is 17.8 Å². The third kappa shape index (κ3) is 6.25. The van der Waals surface area contributed by atoms with Crippen LogP contribution in [0.1, 0.15) is 50.0 Å². The van der Waals surface area contributed by atoms with E-state index in [9.17, 15) is 19.2 Å². The van der Waals surface area contributed by atoms with E-state index in [1.807, 2.05) is 19.9 Å². The highest BCUT2D eigenvalue weighted by molar-refractivity contribution is 6.35. The smallest absolute Gasteiger partial charge is 0.268 e. The van der Waals surface area contributed by atoms with Gasteiger partial charge >= 0.3 is 0 Å². The van der Waals surface area contributed by atoms with Crippen LogP contribution in [0.2, 0.25) is 5.02 Å². The molecule has 33 heavy (non-hydrogen) atoms. The van der Waals surface area contributed by atoms with E-state index < -0.39 is 35.7 Å². The van der Waals surface area contributed by atoms with E-state index in [-0.39, 0.29) is 23.9 Å². The van der Waals surface area contributed by atoms with E-state index in [4.69, 9.17) is 17.3 Å². The van der Waals surface area contributed by atoms with Crippen molar-refractivity contribution in [3.8, 4) is 0 Å². The predicted molar refractivity (Wildman–Crippen MR) is 125 cm³/mol. The van der Waals surface area contributed by atoms with Crippen LogP contribution >= 0.6 is 11.6 Å². The standard InChI is InChI=1S/C23H30ClN5O4/c1-12(2)9-17(29-23(33)18-10-13-5-3-7-15(24)19(13)27-18)22(32)28-16(20(25)30)11-14-6-4-8-26-21(14)31/h3,5,7,10,12,14,16-17,27H,4,6,8-9,11H2,1-2H3,(H2,25,30)(H,26,31)(H,28,32)(H,29,33)/t14-,16-,17-/m0/s1. The van der Waals surface area contributed by atoms with Gasteiger partial charge in [-0.05, 0) is 43.7 Å². The van der Waals surface area contributed by atoms with E-state index in [1.165, 1.54) is 0 Å². The Hall–Kier alpha value is -3.07. The molecule has 3 atom stereocenters. The number of nitrogens with one attached hydrogen (secondary N) is 4. The maximum Gasteiger partial charge on any atom is 0.268 e. The van der Waals surface area contributed by atoms with Gasteiger partial charge in [-0.25, -0.2) is 0 Å². The summed E-state index contributed by atoms with van der Waals surface area (Å²) in [6.45, 7) is 4.45. The molecule has 0 radical (unpaired) electrons. The number of aromatic nitrogens is 1. The van der Waals surface area contributed by atoms with Gasteiger partial charge in [0.15, 0.2) is 0 Å². The van der Waals surface area contributed by atoms with E-state index in [0.29, 0.717) is 29.9 Å². The maximum absolute atomic E-state index is 13.0. The fraction of sp³-hybridized carbons (Fsp3) is 0.478. The Morgan fingerprint density at radius 1 is 1.21 bits per heavy atom. The number of aromatic amines is 1. The molecule has 2 heterocycles. The van der Waals surface area contributed by atoms with Crippen molar-refractivity contribution in [3.05, 3.63) is 35.0 Å². The van der Waals surface area contributed by atoms with Crippen molar-refractivity contribution >= 4 is 46.1 Å². The van der Waals surface area contributed by atoms with Crippen molar-refractivity contribution in [2.75, 3.05) is 6.54 Å². The van der Waals surface area contributed by atoms with Gasteiger partial charge in [-0.2, -0.15) is 0 Å². The topological polar surface area (TPSA) is 146 Å². The fourth-order valence-electron chi connectivity index (χ4n) is 4.04. The monoisotopic (exact) mass is 475 g/mol. The summed E-state index contributed by atoms with van der Waals surface area (Å²) in [5, 5.41) is 9.41. The molecule has 0 saturated carbocycles. The molecule has 178 valence electrons. The van der Waals surface area contributed by atoms with Crippen LogP contribution < -0.4 is 21.7 Å². The molecule has 0 spiro atoms. The molecule has 9 nitrogen and oxygen atoms in total. The molecule has 0 bridgehead atoms. The van der Waals surface area contributed by atoms with E-state index in [1.54, 1.807) is 18.2 Å². The van der Waals surface area contributed by atoms with Gasteiger partial charge < -0.3 is 26.7 Å². The first-order chi connectivity index (χ1) is 15.7. The molecular formula is C23H30ClN5O4. The number of carbonyl (C=O) groups excluding carboxylic acids is 4. The zero-order valence-corrected chi connectivity index (χ0v) is 19.5. The summed E-state index contributed by atoms with van der Waals surface area (Å²) < 4.78 is 0. The van der Waals surface area contributed by atoms with Gasteiger partial charge in [0.05, 0.1) is 10.5 Å². The summed E-state index contributed by atoms with van der Waals surface area (Å²) in [4.78, 5) is 53.0. The van der Waals surface area contributed by atoms with Gasteiger partial charge in [0.25, 0.3) is 5.91 Å². The Morgan fingerprint density at radius 2 is 1.97 bits per heavy atom. The number of halogens is 1. The fourth-order valence-corrected chi connectivity index (χ4v) is 4.27. The Kier molecular flexibility index (Phi) is 7.97. The molecule has 1 aliphatic rings. The van der Waals surface area contributed by atoms with Crippen molar-refractivity contribution in [2.45, 2.75) is 51.6 Å². The Bertz CT molecular complexity index is 1050. The molecule has 1 fully saturated rings. The molecular weight excluding hydrogens is 446 g/mol. The maximum atomic E-state index is 13.0. The van der Waals surface area contributed by atoms with Gasteiger partial charge in [-0.1, -0.05) is 37.6 Å². The minimum absolute atomic E-state index is 0.0920. The lowest BCUT2D eigenvalue weighted by Gasteiger charge is -2.27. The second-order valence-electron chi connectivity index (χ2n) is 8.87. The van der Waals surface area contributed by atoms with Gasteiger partial charge in [-0.3, -0.25) is 19.2 Å². The third-order valence-corrected chi connectivity index (χ3v) is 6.07.